The van der Waals surface area contributed by atoms with E-state index in [1.807, 2.05) is 0 Å². The molecule has 2 amide bonds. The monoisotopic (exact) mass is 376 g/mol. The van der Waals surface area contributed by atoms with Crippen LogP contribution in [0.25, 0.3) is 0 Å². The quantitative estimate of drug-likeness (QED) is 0.599. The van der Waals surface area contributed by atoms with Gasteiger partial charge in [-0.3, -0.25) is 14.4 Å². The van der Waals surface area contributed by atoms with Gasteiger partial charge in [0.05, 0.1) is 12.4 Å². The van der Waals surface area contributed by atoms with Gasteiger partial charge in [-0.1, -0.05) is 6.07 Å². The molecule has 25 heavy (non-hydrogen) atoms. The molecule has 1 aliphatic rings. The highest BCUT2D eigenvalue weighted by Crippen LogP contribution is 2.40. The topological polar surface area (TPSA) is 75.7 Å². The lowest BCUT2D eigenvalue weighted by Crippen LogP contribution is -2.41. The lowest BCUT2D eigenvalue weighted by molar-refractivity contribution is -0.143. The number of carbonyl (C=O) groups is 3. The Morgan fingerprint density at radius 2 is 2.04 bits per heavy atom. The fourth-order valence-electron chi connectivity index (χ4n) is 2.21. The number of esters is 1. The van der Waals surface area contributed by atoms with Gasteiger partial charge in [-0.05, 0) is 13.0 Å². The summed E-state index contributed by atoms with van der Waals surface area (Å²) in [4.78, 5) is 36.1. The van der Waals surface area contributed by atoms with Gasteiger partial charge in [0.15, 0.2) is 17.5 Å². The van der Waals surface area contributed by atoms with Crippen LogP contribution in [-0.4, -0.2) is 48.1 Å². The van der Waals surface area contributed by atoms with Crippen molar-refractivity contribution in [2.45, 2.75) is 12.3 Å². The number of benzene rings is 1. The van der Waals surface area contributed by atoms with Gasteiger partial charge >= 0.3 is 5.97 Å². The Bertz CT molecular complexity index is 702. The number of ether oxygens (including phenoxy) is 1. The molecule has 0 radical (unpaired) electrons. The van der Waals surface area contributed by atoms with E-state index in [-0.39, 0.29) is 24.5 Å². The second-order valence-corrected chi connectivity index (χ2v) is 6.10. The first-order valence-corrected chi connectivity index (χ1v) is 8.36. The molecule has 0 saturated carbocycles. The van der Waals surface area contributed by atoms with Gasteiger partial charge in [-0.2, -0.15) is 0 Å². The Kier molecular flexibility index (Phi) is 6.29. The fourth-order valence-corrected chi connectivity index (χ4v) is 3.41. The van der Waals surface area contributed by atoms with Crippen molar-refractivity contribution in [3.05, 3.63) is 35.1 Å². The molecule has 1 heterocycles. The van der Waals surface area contributed by atoms with Crippen molar-refractivity contribution in [2.75, 3.05) is 25.4 Å². The van der Waals surface area contributed by atoms with Gasteiger partial charge in [0, 0.05) is 5.56 Å². The Hall–Kier alpha value is -2.23. The minimum atomic E-state index is -1.64. The predicted molar refractivity (Wildman–Crippen MR) is 82.9 cm³/mol. The maximum absolute atomic E-state index is 14.0. The standard InChI is InChI=1S/C15H15F3N2O4S/c1-2-24-12(23)5-19-10(21)6-20-11(22)7-25-15(20)8-3-4-9(16)14(18)13(8)17/h3-4,15H,2,5-7H2,1H3,(H,19,21). The van der Waals surface area contributed by atoms with E-state index in [0.717, 1.165) is 28.8 Å². The molecule has 1 fully saturated rings. The van der Waals surface area contributed by atoms with Crippen molar-refractivity contribution >= 4 is 29.5 Å². The van der Waals surface area contributed by atoms with E-state index in [1.165, 1.54) is 0 Å². The first-order chi connectivity index (χ1) is 11.8. The van der Waals surface area contributed by atoms with Crippen molar-refractivity contribution in [1.82, 2.24) is 10.2 Å². The van der Waals surface area contributed by atoms with Crippen LogP contribution in [0.1, 0.15) is 17.9 Å². The largest absolute Gasteiger partial charge is 0.465 e. The van der Waals surface area contributed by atoms with Crippen LogP contribution < -0.4 is 5.32 Å². The number of hydrogen-bond acceptors (Lipinski definition) is 5. The average Bonchev–Trinajstić information content (AvgIpc) is 2.92. The molecule has 1 atom stereocenters. The Labute approximate surface area is 145 Å². The number of thioether (sulfide) groups is 1. The lowest BCUT2D eigenvalue weighted by atomic mass is 10.1. The van der Waals surface area contributed by atoms with E-state index in [1.54, 1.807) is 6.92 Å². The molecule has 0 bridgehead atoms. The highest BCUT2D eigenvalue weighted by atomic mass is 32.2. The van der Waals surface area contributed by atoms with Crippen molar-refractivity contribution < 1.29 is 32.3 Å². The molecule has 136 valence electrons. The number of amides is 2. The third-order valence-electron chi connectivity index (χ3n) is 3.35. The minimum Gasteiger partial charge on any atom is -0.465 e. The Morgan fingerprint density at radius 3 is 2.72 bits per heavy atom. The van der Waals surface area contributed by atoms with E-state index in [4.69, 9.17) is 0 Å². The van der Waals surface area contributed by atoms with Gasteiger partial charge < -0.3 is 15.0 Å². The third-order valence-corrected chi connectivity index (χ3v) is 4.59. The number of halogens is 3. The zero-order valence-corrected chi connectivity index (χ0v) is 14.0. The summed E-state index contributed by atoms with van der Waals surface area (Å²) in [7, 11) is 0. The van der Waals surface area contributed by atoms with Crippen molar-refractivity contribution in [2.24, 2.45) is 0 Å². The van der Waals surface area contributed by atoms with Crippen LogP contribution in [0.5, 0.6) is 0 Å². The van der Waals surface area contributed by atoms with E-state index >= 15 is 0 Å². The summed E-state index contributed by atoms with van der Waals surface area (Å²) < 4.78 is 45.1. The molecule has 1 aromatic carbocycles. The zero-order chi connectivity index (χ0) is 18.6. The second kappa shape index (κ2) is 8.24. The van der Waals surface area contributed by atoms with Gasteiger partial charge in [-0.15, -0.1) is 11.8 Å². The van der Waals surface area contributed by atoms with Crippen LogP contribution >= 0.6 is 11.8 Å². The van der Waals surface area contributed by atoms with E-state index in [2.05, 4.69) is 10.1 Å². The first-order valence-electron chi connectivity index (χ1n) is 7.32. The van der Waals surface area contributed by atoms with E-state index < -0.39 is 47.2 Å². The minimum absolute atomic E-state index is 0.0335. The molecular formula is C15H15F3N2O4S. The number of rotatable bonds is 6. The second-order valence-electron chi connectivity index (χ2n) is 5.03. The van der Waals surface area contributed by atoms with E-state index in [9.17, 15) is 27.6 Å². The molecule has 10 heteroatoms. The maximum atomic E-state index is 14.0. The molecule has 1 aromatic rings. The summed E-state index contributed by atoms with van der Waals surface area (Å²) in [5.74, 6) is -6.15. The van der Waals surface area contributed by atoms with Crippen LogP contribution in [0.15, 0.2) is 12.1 Å². The first kappa shape index (κ1) is 19.1. The third kappa shape index (κ3) is 4.44. The summed E-state index contributed by atoms with van der Waals surface area (Å²) in [6.07, 6.45) is 0. The number of carbonyl (C=O) groups excluding carboxylic acids is 3. The molecule has 1 aliphatic heterocycles. The Morgan fingerprint density at radius 1 is 1.32 bits per heavy atom. The number of hydrogen-bond donors (Lipinski definition) is 1. The van der Waals surface area contributed by atoms with E-state index in [0.29, 0.717) is 0 Å². The molecule has 0 aliphatic carbocycles. The molecule has 2 rings (SSSR count). The van der Waals surface area contributed by atoms with Crippen LogP contribution in [-0.2, 0) is 19.1 Å². The summed E-state index contributed by atoms with van der Waals surface area (Å²) in [5, 5.41) is 1.32. The molecule has 6 nitrogen and oxygen atoms in total. The highest BCUT2D eigenvalue weighted by Gasteiger charge is 2.36. The molecule has 0 spiro atoms. The lowest BCUT2D eigenvalue weighted by Gasteiger charge is -2.24. The number of nitrogens with zero attached hydrogens (tertiary/aromatic N) is 1. The summed E-state index contributed by atoms with van der Waals surface area (Å²) in [5.41, 5.74) is -0.229. The maximum Gasteiger partial charge on any atom is 0.325 e. The van der Waals surface area contributed by atoms with Crippen molar-refractivity contribution in [1.29, 1.82) is 0 Å². The Balaban J connectivity index is 2.08. The normalized spacial score (nSPS) is 16.9. The van der Waals surface area contributed by atoms with Gasteiger partial charge in [0.1, 0.15) is 18.5 Å². The molecule has 0 aromatic heterocycles. The van der Waals surface area contributed by atoms with Crippen molar-refractivity contribution in [3.63, 3.8) is 0 Å². The zero-order valence-electron chi connectivity index (χ0n) is 13.2. The van der Waals surface area contributed by atoms with Crippen LogP contribution in [0.2, 0.25) is 0 Å². The van der Waals surface area contributed by atoms with Gasteiger partial charge in [0.25, 0.3) is 0 Å². The summed E-state index contributed by atoms with van der Waals surface area (Å²) >= 11 is 0.991. The van der Waals surface area contributed by atoms with Crippen LogP contribution in [0, 0.1) is 17.5 Å². The molecular weight excluding hydrogens is 361 g/mol. The average molecular weight is 376 g/mol. The van der Waals surface area contributed by atoms with Crippen LogP contribution in [0.4, 0.5) is 13.2 Å². The fraction of sp³-hybridized carbons (Fsp3) is 0.400. The van der Waals surface area contributed by atoms with Crippen molar-refractivity contribution in [3.8, 4) is 0 Å². The van der Waals surface area contributed by atoms with Gasteiger partial charge in [0.2, 0.25) is 11.8 Å². The summed E-state index contributed by atoms with van der Waals surface area (Å²) in [6.45, 7) is 0.953. The molecule has 1 N–H and O–H groups in total. The molecule has 1 saturated heterocycles. The highest BCUT2D eigenvalue weighted by molar-refractivity contribution is 8.00. The molecule has 1 unspecified atom stereocenters. The summed E-state index contributed by atoms with van der Waals surface area (Å²) in [6, 6.07) is 1.80. The van der Waals surface area contributed by atoms with Gasteiger partial charge in [-0.25, -0.2) is 13.2 Å². The number of nitrogens with one attached hydrogen (secondary N) is 1. The van der Waals surface area contributed by atoms with Crippen LogP contribution in [0.3, 0.4) is 0 Å². The SMILES string of the molecule is CCOC(=O)CNC(=O)CN1C(=O)CSC1c1ccc(F)c(F)c1F. The predicted octanol–water partition coefficient (Wildman–Crippen LogP) is 1.36. The smallest absolute Gasteiger partial charge is 0.325 e.